The quantitative estimate of drug-likeness (QED) is 0.827. The molecule has 6 nitrogen and oxygen atoms in total. The maximum absolute atomic E-state index is 12.0. The van der Waals surface area contributed by atoms with Gasteiger partial charge in [-0.15, -0.1) is 0 Å². The first kappa shape index (κ1) is 13.0. The SMILES string of the molecule is CCCc1noc(Cn2c(C)ccc(C#N)c2=O)n1. The van der Waals surface area contributed by atoms with E-state index in [0.717, 1.165) is 18.5 Å². The topological polar surface area (TPSA) is 84.7 Å². The predicted molar refractivity (Wildman–Crippen MR) is 67.5 cm³/mol. The molecule has 98 valence electrons. The monoisotopic (exact) mass is 258 g/mol. The smallest absolute Gasteiger partial charge is 0.269 e. The van der Waals surface area contributed by atoms with E-state index in [1.807, 2.05) is 13.0 Å². The fourth-order valence-corrected chi connectivity index (χ4v) is 1.77. The third-order valence-electron chi connectivity index (χ3n) is 2.79. The molecule has 0 aromatic carbocycles. The predicted octanol–water partition coefficient (Wildman–Crippen LogP) is 1.41. The molecular weight excluding hydrogens is 244 g/mol. The van der Waals surface area contributed by atoms with Crippen LogP contribution in [0.15, 0.2) is 21.5 Å². The number of hydrogen-bond acceptors (Lipinski definition) is 5. The van der Waals surface area contributed by atoms with Crippen LogP contribution in [-0.4, -0.2) is 14.7 Å². The largest absolute Gasteiger partial charge is 0.337 e. The number of nitrogens with zero attached hydrogens (tertiary/aromatic N) is 4. The molecule has 2 heterocycles. The molecule has 0 amide bonds. The van der Waals surface area contributed by atoms with Crippen molar-refractivity contribution in [3.8, 4) is 6.07 Å². The molecule has 2 rings (SSSR count). The molecule has 0 aliphatic carbocycles. The van der Waals surface area contributed by atoms with E-state index < -0.39 is 0 Å². The molecular formula is C13H14N4O2. The summed E-state index contributed by atoms with van der Waals surface area (Å²) in [5, 5.41) is 12.7. The maximum Gasteiger partial charge on any atom is 0.269 e. The van der Waals surface area contributed by atoms with Gasteiger partial charge in [0.05, 0.1) is 0 Å². The minimum Gasteiger partial charge on any atom is -0.337 e. The van der Waals surface area contributed by atoms with Gasteiger partial charge < -0.3 is 9.09 Å². The molecule has 0 atom stereocenters. The first-order chi connectivity index (χ1) is 9.15. The number of aromatic nitrogens is 3. The average Bonchev–Trinajstić information content (AvgIpc) is 2.83. The fourth-order valence-electron chi connectivity index (χ4n) is 1.77. The van der Waals surface area contributed by atoms with Crippen LogP contribution < -0.4 is 5.56 Å². The molecule has 6 heteroatoms. The van der Waals surface area contributed by atoms with Gasteiger partial charge >= 0.3 is 0 Å². The molecule has 0 spiro atoms. The summed E-state index contributed by atoms with van der Waals surface area (Å²) in [5.41, 5.74) is 0.524. The first-order valence-corrected chi connectivity index (χ1v) is 6.07. The molecule has 0 aliphatic heterocycles. The van der Waals surface area contributed by atoms with E-state index in [9.17, 15) is 4.79 Å². The average molecular weight is 258 g/mol. The summed E-state index contributed by atoms with van der Waals surface area (Å²) < 4.78 is 6.56. The Morgan fingerprint density at radius 3 is 2.95 bits per heavy atom. The molecule has 0 fully saturated rings. The van der Waals surface area contributed by atoms with Crippen molar-refractivity contribution in [1.82, 2.24) is 14.7 Å². The molecule has 2 aromatic heterocycles. The number of pyridine rings is 1. The summed E-state index contributed by atoms with van der Waals surface area (Å²) in [6.07, 6.45) is 1.68. The highest BCUT2D eigenvalue weighted by Gasteiger charge is 2.11. The van der Waals surface area contributed by atoms with Crippen LogP contribution in [0.4, 0.5) is 0 Å². The summed E-state index contributed by atoms with van der Waals surface area (Å²) in [4.78, 5) is 16.2. The summed E-state index contributed by atoms with van der Waals surface area (Å²) in [6.45, 7) is 4.02. The van der Waals surface area contributed by atoms with Crippen molar-refractivity contribution < 1.29 is 4.52 Å². The minimum atomic E-state index is -0.335. The van der Waals surface area contributed by atoms with Crippen LogP contribution in [0, 0.1) is 18.3 Å². The van der Waals surface area contributed by atoms with Crippen molar-refractivity contribution in [2.75, 3.05) is 0 Å². The molecule has 0 bridgehead atoms. The Balaban J connectivity index is 2.32. The third kappa shape index (κ3) is 2.71. The zero-order chi connectivity index (χ0) is 13.8. The lowest BCUT2D eigenvalue weighted by molar-refractivity contribution is 0.363. The summed E-state index contributed by atoms with van der Waals surface area (Å²) in [7, 11) is 0. The highest BCUT2D eigenvalue weighted by Crippen LogP contribution is 2.04. The Bertz CT molecular complexity index is 679. The van der Waals surface area contributed by atoms with Crippen LogP contribution >= 0.6 is 0 Å². The van der Waals surface area contributed by atoms with Crippen LogP contribution in [0.5, 0.6) is 0 Å². The van der Waals surface area contributed by atoms with Crippen LogP contribution in [-0.2, 0) is 13.0 Å². The summed E-state index contributed by atoms with van der Waals surface area (Å²) >= 11 is 0. The van der Waals surface area contributed by atoms with Gasteiger partial charge in [0.25, 0.3) is 5.56 Å². The second-order valence-electron chi connectivity index (χ2n) is 4.25. The fraction of sp³-hybridized carbons (Fsp3) is 0.385. The maximum atomic E-state index is 12.0. The highest BCUT2D eigenvalue weighted by molar-refractivity contribution is 5.27. The van der Waals surface area contributed by atoms with Crippen LogP contribution in [0.1, 0.15) is 36.3 Å². The van der Waals surface area contributed by atoms with Crippen molar-refractivity contribution in [1.29, 1.82) is 5.26 Å². The Kier molecular flexibility index (Phi) is 3.76. The molecule has 0 N–H and O–H groups in total. The van der Waals surface area contributed by atoms with Gasteiger partial charge in [-0.25, -0.2) is 0 Å². The summed E-state index contributed by atoms with van der Waals surface area (Å²) in [6, 6.07) is 5.12. The lowest BCUT2D eigenvalue weighted by atomic mass is 10.2. The van der Waals surface area contributed by atoms with Gasteiger partial charge in [-0.2, -0.15) is 10.2 Å². The number of hydrogen-bond donors (Lipinski definition) is 0. The van der Waals surface area contributed by atoms with Crippen molar-refractivity contribution >= 4 is 0 Å². The lowest BCUT2D eigenvalue weighted by Crippen LogP contribution is -2.25. The van der Waals surface area contributed by atoms with Gasteiger partial charge in [0.2, 0.25) is 5.89 Å². The molecule has 19 heavy (non-hydrogen) atoms. The molecule has 0 unspecified atom stereocenters. The Labute approximate surface area is 110 Å². The van der Waals surface area contributed by atoms with Crippen molar-refractivity contribution in [2.45, 2.75) is 33.2 Å². The van der Waals surface area contributed by atoms with Crippen LogP contribution in [0.3, 0.4) is 0 Å². The number of aryl methyl sites for hydroxylation is 2. The van der Waals surface area contributed by atoms with Crippen LogP contribution in [0.2, 0.25) is 0 Å². The zero-order valence-electron chi connectivity index (χ0n) is 10.9. The van der Waals surface area contributed by atoms with Gasteiger partial charge in [0.1, 0.15) is 18.2 Å². The van der Waals surface area contributed by atoms with E-state index in [1.54, 1.807) is 13.0 Å². The Morgan fingerprint density at radius 1 is 1.47 bits per heavy atom. The minimum absolute atomic E-state index is 0.110. The standard InChI is InChI=1S/C13H14N4O2/c1-3-4-11-15-12(19-16-11)8-17-9(2)5-6-10(7-14)13(17)18/h5-6H,3-4,8H2,1-2H3. The second kappa shape index (κ2) is 5.48. The van der Waals surface area contributed by atoms with Crippen LogP contribution in [0.25, 0.3) is 0 Å². The van der Waals surface area contributed by atoms with Crippen molar-refractivity contribution in [2.24, 2.45) is 0 Å². The third-order valence-corrected chi connectivity index (χ3v) is 2.79. The van der Waals surface area contributed by atoms with E-state index in [0.29, 0.717) is 11.7 Å². The highest BCUT2D eigenvalue weighted by atomic mass is 16.5. The number of nitriles is 1. The van der Waals surface area contributed by atoms with Gasteiger partial charge in [-0.05, 0) is 25.5 Å². The van der Waals surface area contributed by atoms with E-state index in [4.69, 9.17) is 9.78 Å². The first-order valence-electron chi connectivity index (χ1n) is 6.07. The molecule has 2 aromatic rings. The zero-order valence-corrected chi connectivity index (χ0v) is 10.9. The van der Waals surface area contributed by atoms with Gasteiger partial charge in [-0.1, -0.05) is 12.1 Å². The normalized spacial score (nSPS) is 10.4. The number of rotatable bonds is 4. The lowest BCUT2D eigenvalue weighted by Gasteiger charge is -2.06. The van der Waals surface area contributed by atoms with Crippen molar-refractivity contribution in [3.05, 3.63) is 45.5 Å². The van der Waals surface area contributed by atoms with E-state index in [-0.39, 0.29) is 17.7 Å². The van der Waals surface area contributed by atoms with E-state index in [1.165, 1.54) is 10.6 Å². The van der Waals surface area contributed by atoms with Gasteiger partial charge in [-0.3, -0.25) is 4.79 Å². The van der Waals surface area contributed by atoms with Crippen molar-refractivity contribution in [3.63, 3.8) is 0 Å². The molecule has 0 aliphatic rings. The van der Waals surface area contributed by atoms with E-state index in [2.05, 4.69) is 10.1 Å². The molecule has 0 saturated heterocycles. The molecule has 0 radical (unpaired) electrons. The van der Waals surface area contributed by atoms with Gasteiger partial charge in [0.15, 0.2) is 5.82 Å². The van der Waals surface area contributed by atoms with Gasteiger partial charge in [0, 0.05) is 12.1 Å². The van der Waals surface area contributed by atoms with E-state index >= 15 is 0 Å². The Hall–Kier alpha value is -2.42. The second-order valence-corrected chi connectivity index (χ2v) is 4.25. The summed E-state index contributed by atoms with van der Waals surface area (Å²) in [5.74, 6) is 1.02. The Morgan fingerprint density at radius 2 is 2.26 bits per heavy atom. The molecule has 0 saturated carbocycles.